The molecule has 1 heterocycles. The van der Waals surface area contributed by atoms with Gasteiger partial charge in [-0.1, -0.05) is 13.8 Å². The van der Waals surface area contributed by atoms with Crippen molar-refractivity contribution in [3.63, 3.8) is 0 Å². The van der Waals surface area contributed by atoms with Crippen molar-refractivity contribution in [3.05, 3.63) is 0 Å². The second-order valence-corrected chi connectivity index (χ2v) is 4.85. The molecular weight excluding hydrogens is 186 g/mol. The Morgan fingerprint density at radius 3 is 2.40 bits per heavy atom. The molecule has 2 atom stereocenters. The van der Waals surface area contributed by atoms with Crippen LogP contribution in [0.3, 0.4) is 0 Å². The lowest BCUT2D eigenvalue weighted by Crippen LogP contribution is -2.36. The van der Waals surface area contributed by atoms with Crippen molar-refractivity contribution in [1.82, 2.24) is 4.90 Å². The largest absolute Gasteiger partial charge is 0.377 e. The Morgan fingerprint density at radius 1 is 1.40 bits per heavy atom. The molecule has 1 saturated heterocycles. The first-order valence-corrected chi connectivity index (χ1v) is 6.49. The minimum absolute atomic E-state index is 0.412. The van der Waals surface area contributed by atoms with E-state index in [0.29, 0.717) is 17.6 Å². The number of nitrogens with zero attached hydrogens (tertiary/aromatic N) is 1. The average Bonchev–Trinajstić information content (AvgIpc) is 2.88. The summed E-state index contributed by atoms with van der Waals surface area (Å²) in [5.74, 6) is 0. The van der Waals surface area contributed by atoms with Crippen LogP contribution in [0.5, 0.6) is 0 Å². The van der Waals surface area contributed by atoms with Crippen molar-refractivity contribution in [3.8, 4) is 0 Å². The first-order chi connectivity index (χ1) is 7.17. The Morgan fingerprint density at radius 2 is 2.00 bits per heavy atom. The number of hydrogen-bond acceptors (Lipinski definition) is 2. The standard InChI is InChI=1S/C11H21NO.C2H6/c1-4-13-9(2)10-7-11(5-6-11)8-12(10)3;1-2/h9-10H,4-8H2,1-3H3;1-2H3/t9-,10-;/m0./s1. The Kier molecular flexibility index (Phi) is 4.60. The first kappa shape index (κ1) is 13.0. The van der Waals surface area contributed by atoms with Gasteiger partial charge in [-0.2, -0.15) is 0 Å². The molecule has 2 aliphatic rings. The maximum atomic E-state index is 5.68. The van der Waals surface area contributed by atoms with Crippen LogP contribution < -0.4 is 0 Å². The highest BCUT2D eigenvalue weighted by Gasteiger charge is 2.51. The van der Waals surface area contributed by atoms with Gasteiger partial charge in [-0.25, -0.2) is 0 Å². The van der Waals surface area contributed by atoms with Gasteiger partial charge in [0.05, 0.1) is 6.10 Å². The predicted molar refractivity (Wildman–Crippen MR) is 65.1 cm³/mol. The molecule has 0 bridgehead atoms. The van der Waals surface area contributed by atoms with E-state index >= 15 is 0 Å². The lowest BCUT2D eigenvalue weighted by Gasteiger charge is -2.25. The Labute approximate surface area is 95.0 Å². The van der Waals surface area contributed by atoms with Crippen molar-refractivity contribution in [2.75, 3.05) is 20.2 Å². The topological polar surface area (TPSA) is 12.5 Å². The van der Waals surface area contributed by atoms with Crippen LogP contribution in [0.1, 0.15) is 47.0 Å². The van der Waals surface area contributed by atoms with Gasteiger partial charge in [0.15, 0.2) is 0 Å². The molecule has 1 aliphatic heterocycles. The molecule has 0 N–H and O–H groups in total. The molecule has 2 rings (SSSR count). The van der Waals surface area contributed by atoms with Gasteiger partial charge in [-0.05, 0) is 45.6 Å². The molecule has 2 heteroatoms. The number of ether oxygens (including phenoxy) is 1. The molecule has 2 nitrogen and oxygen atoms in total. The van der Waals surface area contributed by atoms with E-state index in [4.69, 9.17) is 4.74 Å². The van der Waals surface area contributed by atoms with E-state index in [2.05, 4.69) is 25.8 Å². The molecule has 2 fully saturated rings. The predicted octanol–water partition coefficient (Wildman–Crippen LogP) is 2.92. The maximum Gasteiger partial charge on any atom is 0.0702 e. The molecule has 90 valence electrons. The summed E-state index contributed by atoms with van der Waals surface area (Å²) in [5.41, 5.74) is 0.713. The van der Waals surface area contributed by atoms with Crippen LogP contribution in [0.25, 0.3) is 0 Å². The van der Waals surface area contributed by atoms with Crippen LogP contribution in [-0.4, -0.2) is 37.2 Å². The Bertz CT molecular complexity index is 189. The van der Waals surface area contributed by atoms with Gasteiger partial charge in [0.1, 0.15) is 0 Å². The third-order valence-corrected chi connectivity index (χ3v) is 3.72. The van der Waals surface area contributed by atoms with E-state index in [1.54, 1.807) is 0 Å². The van der Waals surface area contributed by atoms with Gasteiger partial charge in [0.25, 0.3) is 0 Å². The monoisotopic (exact) mass is 213 g/mol. The quantitative estimate of drug-likeness (QED) is 0.714. The van der Waals surface area contributed by atoms with Crippen molar-refractivity contribution < 1.29 is 4.74 Å². The summed E-state index contributed by atoms with van der Waals surface area (Å²) >= 11 is 0. The third kappa shape index (κ3) is 2.94. The molecule has 0 unspecified atom stereocenters. The number of likely N-dealkylation sites (N-methyl/N-ethyl adjacent to an activating group) is 1. The molecule has 1 spiro atoms. The SMILES string of the molecule is CC.CCO[C@@H](C)[C@@H]1CC2(CC2)CN1C. The summed E-state index contributed by atoms with van der Waals surface area (Å²) in [6.07, 6.45) is 4.68. The first-order valence-electron chi connectivity index (χ1n) is 6.49. The fourth-order valence-electron chi connectivity index (χ4n) is 2.75. The zero-order valence-electron chi connectivity index (χ0n) is 11.0. The summed E-state index contributed by atoms with van der Waals surface area (Å²) in [5, 5.41) is 0. The summed E-state index contributed by atoms with van der Waals surface area (Å²) in [7, 11) is 2.24. The average molecular weight is 213 g/mol. The lowest BCUT2D eigenvalue weighted by atomic mass is 10.0. The van der Waals surface area contributed by atoms with E-state index in [0.717, 1.165) is 6.61 Å². The van der Waals surface area contributed by atoms with Crippen LogP contribution in [0.4, 0.5) is 0 Å². The van der Waals surface area contributed by atoms with E-state index in [1.807, 2.05) is 13.8 Å². The van der Waals surface area contributed by atoms with Gasteiger partial charge >= 0.3 is 0 Å². The summed E-state index contributed by atoms with van der Waals surface area (Å²) in [6.45, 7) is 10.4. The zero-order valence-corrected chi connectivity index (χ0v) is 11.0. The molecule has 0 aromatic heterocycles. The summed E-state index contributed by atoms with van der Waals surface area (Å²) < 4.78 is 5.68. The van der Waals surface area contributed by atoms with Crippen molar-refractivity contribution in [2.24, 2.45) is 5.41 Å². The minimum Gasteiger partial charge on any atom is -0.377 e. The van der Waals surface area contributed by atoms with Crippen LogP contribution in [0.15, 0.2) is 0 Å². The fourth-order valence-corrected chi connectivity index (χ4v) is 2.75. The molecule has 1 saturated carbocycles. The minimum atomic E-state index is 0.412. The Hall–Kier alpha value is -0.0800. The molecule has 1 aliphatic carbocycles. The molecule has 0 radical (unpaired) electrons. The van der Waals surface area contributed by atoms with E-state index < -0.39 is 0 Å². The second-order valence-electron chi connectivity index (χ2n) is 4.85. The number of hydrogen-bond donors (Lipinski definition) is 0. The van der Waals surface area contributed by atoms with Crippen molar-refractivity contribution >= 4 is 0 Å². The summed E-state index contributed by atoms with van der Waals surface area (Å²) in [4.78, 5) is 2.49. The van der Waals surface area contributed by atoms with Crippen LogP contribution in [-0.2, 0) is 4.74 Å². The highest BCUT2D eigenvalue weighted by Crippen LogP contribution is 2.54. The fraction of sp³-hybridized carbons (Fsp3) is 1.00. The smallest absolute Gasteiger partial charge is 0.0702 e. The maximum absolute atomic E-state index is 5.68. The van der Waals surface area contributed by atoms with Gasteiger partial charge in [0, 0.05) is 19.2 Å². The summed E-state index contributed by atoms with van der Waals surface area (Å²) in [6, 6.07) is 0.669. The molecule has 15 heavy (non-hydrogen) atoms. The van der Waals surface area contributed by atoms with Gasteiger partial charge < -0.3 is 9.64 Å². The van der Waals surface area contributed by atoms with E-state index in [-0.39, 0.29) is 0 Å². The highest BCUT2D eigenvalue weighted by atomic mass is 16.5. The Balaban J connectivity index is 0.000000531. The van der Waals surface area contributed by atoms with E-state index in [9.17, 15) is 0 Å². The molecular formula is C13H27NO. The lowest BCUT2D eigenvalue weighted by molar-refractivity contribution is 0.0234. The number of likely N-dealkylation sites (tertiary alicyclic amines) is 1. The van der Waals surface area contributed by atoms with Crippen LogP contribution in [0, 0.1) is 5.41 Å². The van der Waals surface area contributed by atoms with Gasteiger partial charge in [0.2, 0.25) is 0 Å². The van der Waals surface area contributed by atoms with Crippen LogP contribution in [0.2, 0.25) is 0 Å². The van der Waals surface area contributed by atoms with Crippen molar-refractivity contribution in [2.45, 2.75) is 59.1 Å². The molecule has 0 aromatic rings. The van der Waals surface area contributed by atoms with Gasteiger partial charge in [-0.15, -0.1) is 0 Å². The van der Waals surface area contributed by atoms with Gasteiger partial charge in [-0.3, -0.25) is 0 Å². The third-order valence-electron chi connectivity index (χ3n) is 3.72. The zero-order chi connectivity index (χ0) is 11.5. The van der Waals surface area contributed by atoms with E-state index in [1.165, 1.54) is 25.8 Å². The number of rotatable bonds is 3. The molecule has 0 amide bonds. The normalized spacial score (nSPS) is 29.8. The van der Waals surface area contributed by atoms with Crippen molar-refractivity contribution in [1.29, 1.82) is 0 Å². The molecule has 0 aromatic carbocycles. The highest BCUT2D eigenvalue weighted by molar-refractivity contribution is 5.05. The van der Waals surface area contributed by atoms with Crippen LogP contribution >= 0.6 is 0 Å². The second kappa shape index (κ2) is 5.31.